The summed E-state index contributed by atoms with van der Waals surface area (Å²) >= 11 is 0. The first kappa shape index (κ1) is 17.2. The fraction of sp³-hybridized carbons (Fsp3) is 0.381. The minimum absolute atomic E-state index is 0.0499. The predicted octanol–water partition coefficient (Wildman–Crippen LogP) is 2.44. The van der Waals surface area contributed by atoms with E-state index in [9.17, 15) is 4.79 Å². The van der Waals surface area contributed by atoms with Gasteiger partial charge in [-0.25, -0.2) is 9.50 Å². The number of carbonyl (C=O) groups is 1. The second-order valence-electron chi connectivity index (χ2n) is 7.36. The molecule has 2 aliphatic heterocycles. The van der Waals surface area contributed by atoms with Crippen LogP contribution >= 0.6 is 0 Å². The van der Waals surface area contributed by atoms with E-state index in [2.05, 4.69) is 22.2 Å². The van der Waals surface area contributed by atoms with E-state index in [0.717, 1.165) is 25.0 Å². The van der Waals surface area contributed by atoms with E-state index in [1.54, 1.807) is 36.2 Å². The summed E-state index contributed by atoms with van der Waals surface area (Å²) in [5.74, 6) is 0.829. The van der Waals surface area contributed by atoms with Gasteiger partial charge in [-0.2, -0.15) is 5.10 Å². The van der Waals surface area contributed by atoms with E-state index in [1.165, 1.54) is 11.1 Å². The Kier molecular flexibility index (Phi) is 4.05. The number of piperidine rings is 1. The highest BCUT2D eigenvalue weighted by atomic mass is 16.5. The first-order chi connectivity index (χ1) is 13.7. The van der Waals surface area contributed by atoms with Crippen LogP contribution in [0.4, 0.5) is 0 Å². The van der Waals surface area contributed by atoms with Crippen LogP contribution in [0.25, 0.3) is 5.65 Å². The largest absolute Gasteiger partial charge is 0.497 e. The first-order valence-corrected chi connectivity index (χ1v) is 9.60. The number of ether oxygens (including phenoxy) is 2. The van der Waals surface area contributed by atoms with Crippen molar-refractivity contribution in [2.75, 3.05) is 26.8 Å². The zero-order valence-corrected chi connectivity index (χ0v) is 15.8. The van der Waals surface area contributed by atoms with Gasteiger partial charge < -0.3 is 14.4 Å². The highest BCUT2D eigenvalue weighted by Crippen LogP contribution is 2.42. The van der Waals surface area contributed by atoms with Crippen LogP contribution in [0.3, 0.4) is 0 Å². The van der Waals surface area contributed by atoms with Gasteiger partial charge in [0.15, 0.2) is 11.3 Å². The molecule has 7 heteroatoms. The molecule has 2 aromatic heterocycles. The molecule has 1 fully saturated rings. The van der Waals surface area contributed by atoms with E-state index >= 15 is 0 Å². The van der Waals surface area contributed by atoms with Crippen LogP contribution in [0.5, 0.6) is 5.75 Å². The van der Waals surface area contributed by atoms with Gasteiger partial charge in [-0.15, -0.1) is 0 Å². The molecule has 0 saturated carbocycles. The lowest BCUT2D eigenvalue weighted by Crippen LogP contribution is -2.48. The molecule has 3 aromatic rings. The maximum Gasteiger partial charge on any atom is 0.274 e. The molecular weight excluding hydrogens is 356 g/mol. The van der Waals surface area contributed by atoms with Crippen LogP contribution in [-0.4, -0.2) is 52.2 Å². The summed E-state index contributed by atoms with van der Waals surface area (Å²) in [6.07, 6.45) is 5.95. The number of nitrogens with zero attached hydrogens (tertiary/aromatic N) is 4. The van der Waals surface area contributed by atoms with E-state index in [0.29, 0.717) is 31.0 Å². The molecular formula is C21H22N4O3. The van der Waals surface area contributed by atoms with Crippen molar-refractivity contribution in [2.45, 2.75) is 24.9 Å². The molecule has 28 heavy (non-hydrogen) atoms. The summed E-state index contributed by atoms with van der Waals surface area (Å²) in [7, 11) is 1.69. The summed E-state index contributed by atoms with van der Waals surface area (Å²) in [6.45, 7) is 1.99. The molecule has 1 saturated heterocycles. The van der Waals surface area contributed by atoms with Crippen LogP contribution in [0.1, 0.15) is 34.5 Å². The maximum absolute atomic E-state index is 12.9. The number of hydrogen-bond acceptors (Lipinski definition) is 5. The molecule has 1 spiro atoms. The van der Waals surface area contributed by atoms with Crippen LogP contribution in [0, 0.1) is 0 Å². The van der Waals surface area contributed by atoms with Gasteiger partial charge in [-0.3, -0.25) is 4.79 Å². The normalized spacial score (nSPS) is 18.2. The van der Waals surface area contributed by atoms with Crippen molar-refractivity contribution in [3.05, 3.63) is 59.5 Å². The zero-order valence-electron chi connectivity index (χ0n) is 15.8. The average Bonchev–Trinajstić information content (AvgIpc) is 3.18. The Hall–Kier alpha value is -2.93. The van der Waals surface area contributed by atoms with Gasteiger partial charge in [-0.1, -0.05) is 6.07 Å². The molecule has 5 rings (SSSR count). The number of hydrogen-bond donors (Lipinski definition) is 0. The molecule has 7 nitrogen and oxygen atoms in total. The Morgan fingerprint density at radius 1 is 1.25 bits per heavy atom. The van der Waals surface area contributed by atoms with Crippen LogP contribution in [0.15, 0.2) is 42.7 Å². The van der Waals surface area contributed by atoms with Gasteiger partial charge in [0.25, 0.3) is 5.91 Å². The minimum atomic E-state index is -0.308. The quantitative estimate of drug-likeness (QED) is 0.685. The number of aromatic nitrogens is 3. The van der Waals surface area contributed by atoms with Crippen molar-refractivity contribution in [1.82, 2.24) is 19.5 Å². The van der Waals surface area contributed by atoms with Gasteiger partial charge in [0, 0.05) is 31.5 Å². The second kappa shape index (κ2) is 6.60. The number of rotatable bonds is 2. The van der Waals surface area contributed by atoms with Crippen LogP contribution in [0.2, 0.25) is 0 Å². The molecule has 2 aliphatic rings. The molecule has 0 radical (unpaired) electrons. The molecule has 144 valence electrons. The van der Waals surface area contributed by atoms with Gasteiger partial charge >= 0.3 is 0 Å². The third-order valence-electron chi connectivity index (χ3n) is 5.87. The summed E-state index contributed by atoms with van der Waals surface area (Å²) in [4.78, 5) is 19.0. The van der Waals surface area contributed by atoms with Crippen molar-refractivity contribution < 1.29 is 14.3 Å². The highest BCUT2D eigenvalue weighted by molar-refractivity contribution is 5.93. The van der Waals surface area contributed by atoms with Crippen LogP contribution in [-0.2, 0) is 16.8 Å². The van der Waals surface area contributed by atoms with E-state index in [-0.39, 0.29) is 11.5 Å². The van der Waals surface area contributed by atoms with E-state index < -0.39 is 0 Å². The Labute approximate surface area is 162 Å². The molecule has 0 atom stereocenters. The van der Waals surface area contributed by atoms with Crippen molar-refractivity contribution in [3.63, 3.8) is 0 Å². The van der Waals surface area contributed by atoms with Crippen molar-refractivity contribution in [1.29, 1.82) is 0 Å². The number of likely N-dealkylation sites (tertiary alicyclic amines) is 1. The Balaban J connectivity index is 1.36. The molecule has 0 aliphatic carbocycles. The van der Waals surface area contributed by atoms with Crippen molar-refractivity contribution in [2.24, 2.45) is 0 Å². The molecule has 0 unspecified atom stereocenters. The van der Waals surface area contributed by atoms with Crippen LogP contribution < -0.4 is 4.74 Å². The fourth-order valence-corrected chi connectivity index (χ4v) is 4.36. The third kappa shape index (κ3) is 2.74. The minimum Gasteiger partial charge on any atom is -0.497 e. The second-order valence-corrected chi connectivity index (χ2v) is 7.36. The Morgan fingerprint density at radius 2 is 2.11 bits per heavy atom. The fourth-order valence-electron chi connectivity index (χ4n) is 4.36. The van der Waals surface area contributed by atoms with Gasteiger partial charge in [0.05, 0.1) is 19.3 Å². The number of fused-ring (bicyclic) bond motifs is 3. The maximum atomic E-state index is 12.9. The number of benzene rings is 1. The molecule has 0 N–H and O–H groups in total. The summed E-state index contributed by atoms with van der Waals surface area (Å²) < 4.78 is 13.3. The zero-order chi connectivity index (χ0) is 19.1. The third-order valence-corrected chi connectivity index (χ3v) is 5.87. The summed E-state index contributed by atoms with van der Waals surface area (Å²) in [6, 6.07) is 9.77. The molecule has 1 aromatic carbocycles. The lowest BCUT2D eigenvalue weighted by Gasteiger charge is -2.45. The monoisotopic (exact) mass is 378 g/mol. The average molecular weight is 378 g/mol. The first-order valence-electron chi connectivity index (χ1n) is 9.60. The Morgan fingerprint density at radius 3 is 2.89 bits per heavy atom. The standard InChI is InChI=1S/C21H22N4O3/c1-27-16-3-4-17-15(13-16)5-12-28-21(17)6-10-24(11-7-21)20(26)18-14-19-22-8-2-9-25(19)23-18/h2-4,8-9,13-14H,5-7,10-12H2,1H3. The summed E-state index contributed by atoms with van der Waals surface area (Å²) in [5, 5.41) is 4.36. The SMILES string of the molecule is COc1ccc2c(c1)CCOC21CCN(C(=O)c2cc3ncccn3n2)CC1. The van der Waals surface area contributed by atoms with Crippen molar-refractivity contribution in [3.8, 4) is 5.75 Å². The Bertz CT molecular complexity index is 1000. The van der Waals surface area contributed by atoms with E-state index in [1.807, 2.05) is 11.0 Å². The summed E-state index contributed by atoms with van der Waals surface area (Å²) in [5.41, 5.74) is 3.33. The lowest BCUT2D eigenvalue weighted by molar-refractivity contribution is -0.0935. The van der Waals surface area contributed by atoms with Gasteiger partial charge in [-0.05, 0) is 48.6 Å². The van der Waals surface area contributed by atoms with E-state index in [4.69, 9.17) is 9.47 Å². The van der Waals surface area contributed by atoms with Gasteiger partial charge in [0.1, 0.15) is 5.75 Å². The number of carbonyl (C=O) groups excluding carboxylic acids is 1. The predicted molar refractivity (Wildman–Crippen MR) is 102 cm³/mol. The number of methoxy groups -OCH3 is 1. The molecule has 0 bridgehead atoms. The van der Waals surface area contributed by atoms with Crippen molar-refractivity contribution >= 4 is 11.6 Å². The smallest absolute Gasteiger partial charge is 0.274 e. The number of amides is 1. The molecule has 4 heterocycles. The highest BCUT2D eigenvalue weighted by Gasteiger charge is 2.42. The van der Waals surface area contributed by atoms with Gasteiger partial charge in [0.2, 0.25) is 0 Å². The molecule has 1 amide bonds. The lowest BCUT2D eigenvalue weighted by atomic mass is 9.79. The topological polar surface area (TPSA) is 69.0 Å².